The lowest BCUT2D eigenvalue weighted by molar-refractivity contribution is 0.406. The Labute approximate surface area is 114 Å². The molecule has 0 aliphatic carbocycles. The molecule has 0 N–H and O–H groups in total. The number of aromatic nitrogens is 4. The number of halogens is 6. The zero-order valence-corrected chi connectivity index (χ0v) is 10.5. The van der Waals surface area contributed by atoms with Gasteiger partial charge in [-0.25, -0.2) is 19.9 Å². The summed E-state index contributed by atoms with van der Waals surface area (Å²) in [5, 5.41) is 0.550. The number of rotatable bonds is 0. The minimum Gasteiger partial charge on any atom is -0.223 e. The van der Waals surface area contributed by atoms with Gasteiger partial charge >= 0.3 is 0 Å². The lowest BCUT2D eigenvalue weighted by Gasteiger charge is -1.92. The number of hydrogen-bond donors (Lipinski definition) is 0. The molecule has 0 unspecified atom stereocenters. The Hall–Kier alpha value is -1.18. The molecule has 0 bridgehead atoms. The van der Waals surface area contributed by atoms with Crippen LogP contribution in [0.1, 0.15) is 0 Å². The first-order chi connectivity index (χ1) is 8.43. The van der Waals surface area contributed by atoms with Crippen molar-refractivity contribution in [2.75, 3.05) is 0 Å². The molecule has 96 valence electrons. The van der Waals surface area contributed by atoms with E-state index in [1.807, 2.05) is 0 Å². The Bertz CT molecular complexity index is 465. The van der Waals surface area contributed by atoms with Gasteiger partial charge < -0.3 is 0 Å². The lowest BCUT2D eigenvalue weighted by atomic mass is 10.6. The monoisotopic (exact) mass is 316 g/mol. The molecule has 0 spiro atoms. The minimum atomic E-state index is -1.64. The molecule has 2 aromatic rings. The van der Waals surface area contributed by atoms with E-state index in [4.69, 9.17) is 34.8 Å². The summed E-state index contributed by atoms with van der Waals surface area (Å²) in [7, 11) is 0. The van der Waals surface area contributed by atoms with Crippen LogP contribution in [0, 0.1) is 17.7 Å². The van der Waals surface area contributed by atoms with Gasteiger partial charge in [-0.1, -0.05) is 34.8 Å². The van der Waals surface area contributed by atoms with Crippen LogP contribution in [-0.4, -0.2) is 19.9 Å². The second-order valence-electron chi connectivity index (χ2n) is 2.54. The summed E-state index contributed by atoms with van der Waals surface area (Å²) in [5.74, 6) is -4.58. The van der Waals surface area contributed by atoms with E-state index in [9.17, 15) is 13.2 Å². The molecule has 0 fully saturated rings. The summed E-state index contributed by atoms with van der Waals surface area (Å²) >= 11 is 16.4. The van der Waals surface area contributed by atoms with E-state index in [0.29, 0.717) is 6.33 Å². The van der Waals surface area contributed by atoms with Crippen molar-refractivity contribution in [1.82, 2.24) is 19.9 Å². The Morgan fingerprint density at radius 3 is 1.44 bits per heavy atom. The average Bonchev–Trinajstić information content (AvgIpc) is 2.34. The minimum absolute atomic E-state index is 0.177. The van der Waals surface area contributed by atoms with Crippen molar-refractivity contribution in [2.24, 2.45) is 0 Å². The first kappa shape index (κ1) is 14.9. The summed E-state index contributed by atoms with van der Waals surface area (Å²) in [6.07, 6.45) is 1.85. The van der Waals surface area contributed by atoms with Gasteiger partial charge in [0.2, 0.25) is 5.82 Å². The molecule has 4 nitrogen and oxygen atoms in total. The summed E-state index contributed by atoms with van der Waals surface area (Å²) in [5.41, 5.74) is 0. The molecule has 0 aliphatic rings. The van der Waals surface area contributed by atoms with Crippen molar-refractivity contribution in [3.05, 3.63) is 45.7 Å². The van der Waals surface area contributed by atoms with Gasteiger partial charge in [-0.15, -0.1) is 0 Å². The van der Waals surface area contributed by atoms with Crippen LogP contribution in [0.4, 0.5) is 13.2 Å². The second-order valence-corrected chi connectivity index (χ2v) is 3.63. The zero-order chi connectivity index (χ0) is 13.7. The Morgan fingerprint density at radius 1 is 0.722 bits per heavy atom. The summed E-state index contributed by atoms with van der Waals surface area (Å²) in [6.45, 7) is 0. The van der Waals surface area contributed by atoms with E-state index in [2.05, 4.69) is 19.9 Å². The SMILES string of the molecule is Clc1ncnc(Cl)c1Cl.Fc1ncnc(F)c1F. The van der Waals surface area contributed by atoms with Crippen LogP contribution >= 0.6 is 34.8 Å². The topological polar surface area (TPSA) is 51.6 Å². The van der Waals surface area contributed by atoms with Gasteiger partial charge in [-0.05, 0) is 0 Å². The van der Waals surface area contributed by atoms with Crippen molar-refractivity contribution >= 4 is 34.8 Å². The summed E-state index contributed by atoms with van der Waals surface area (Å²) in [6, 6.07) is 0. The largest absolute Gasteiger partial charge is 0.255 e. The van der Waals surface area contributed by atoms with Crippen molar-refractivity contribution in [3.8, 4) is 0 Å². The van der Waals surface area contributed by atoms with Crippen molar-refractivity contribution in [2.45, 2.75) is 0 Å². The van der Waals surface area contributed by atoms with Crippen molar-refractivity contribution in [1.29, 1.82) is 0 Å². The molecular formula is C8H2Cl3F3N4. The maximum Gasteiger partial charge on any atom is 0.255 e. The third-order valence-electron chi connectivity index (χ3n) is 1.41. The van der Waals surface area contributed by atoms with E-state index < -0.39 is 17.7 Å². The highest BCUT2D eigenvalue weighted by Crippen LogP contribution is 2.24. The fraction of sp³-hybridized carbons (Fsp3) is 0. The Balaban J connectivity index is 0.000000180. The highest BCUT2D eigenvalue weighted by atomic mass is 35.5. The van der Waals surface area contributed by atoms with Gasteiger partial charge in [-0.2, -0.15) is 13.2 Å². The van der Waals surface area contributed by atoms with Gasteiger partial charge in [0, 0.05) is 0 Å². The zero-order valence-electron chi connectivity index (χ0n) is 8.21. The van der Waals surface area contributed by atoms with Crippen LogP contribution in [0.2, 0.25) is 15.3 Å². The fourth-order valence-corrected chi connectivity index (χ4v) is 1.07. The van der Waals surface area contributed by atoms with Crippen LogP contribution in [0.15, 0.2) is 12.7 Å². The molecule has 0 aliphatic heterocycles. The number of nitrogens with zero attached hydrogens (tertiary/aromatic N) is 4. The van der Waals surface area contributed by atoms with Crippen molar-refractivity contribution in [3.63, 3.8) is 0 Å². The fourth-order valence-electron chi connectivity index (χ4n) is 0.657. The highest BCUT2D eigenvalue weighted by molar-refractivity contribution is 6.46. The predicted octanol–water partition coefficient (Wildman–Crippen LogP) is 3.33. The molecule has 18 heavy (non-hydrogen) atoms. The van der Waals surface area contributed by atoms with Gasteiger partial charge in [0.25, 0.3) is 11.9 Å². The van der Waals surface area contributed by atoms with Gasteiger partial charge in [0.1, 0.15) is 17.7 Å². The van der Waals surface area contributed by atoms with Crippen molar-refractivity contribution < 1.29 is 13.2 Å². The second kappa shape index (κ2) is 6.67. The summed E-state index contributed by atoms with van der Waals surface area (Å²) in [4.78, 5) is 12.6. The highest BCUT2D eigenvalue weighted by Gasteiger charge is 2.08. The van der Waals surface area contributed by atoms with Crippen LogP contribution in [-0.2, 0) is 0 Å². The molecule has 0 saturated heterocycles. The maximum absolute atomic E-state index is 11.9. The predicted molar refractivity (Wildman–Crippen MR) is 59.0 cm³/mol. The molecule has 0 radical (unpaired) electrons. The third-order valence-corrected chi connectivity index (χ3v) is 2.53. The molecular weight excluding hydrogens is 315 g/mol. The molecule has 0 saturated carbocycles. The Morgan fingerprint density at radius 2 is 1.11 bits per heavy atom. The quantitative estimate of drug-likeness (QED) is 0.699. The Kier molecular flexibility index (Phi) is 5.52. The summed E-state index contributed by atoms with van der Waals surface area (Å²) < 4.78 is 35.5. The normalized spacial score (nSPS) is 9.67. The molecule has 2 rings (SSSR count). The van der Waals surface area contributed by atoms with E-state index in [1.165, 1.54) is 6.33 Å². The van der Waals surface area contributed by atoms with Crippen LogP contribution in [0.5, 0.6) is 0 Å². The van der Waals surface area contributed by atoms with Gasteiger partial charge in [0.05, 0.1) is 0 Å². The average molecular weight is 317 g/mol. The molecule has 2 heterocycles. The van der Waals surface area contributed by atoms with Crippen LogP contribution in [0.25, 0.3) is 0 Å². The molecule has 0 aromatic carbocycles. The molecule has 0 amide bonds. The molecule has 2 aromatic heterocycles. The van der Waals surface area contributed by atoms with Crippen LogP contribution < -0.4 is 0 Å². The third kappa shape index (κ3) is 3.94. The smallest absolute Gasteiger partial charge is 0.223 e. The van der Waals surface area contributed by atoms with Gasteiger partial charge in [0.15, 0.2) is 10.3 Å². The first-order valence-corrected chi connectivity index (χ1v) is 5.20. The molecule has 10 heteroatoms. The van der Waals surface area contributed by atoms with E-state index in [0.717, 1.165) is 0 Å². The molecule has 0 atom stereocenters. The first-order valence-electron chi connectivity index (χ1n) is 4.06. The van der Waals surface area contributed by atoms with E-state index in [-0.39, 0.29) is 15.3 Å². The van der Waals surface area contributed by atoms with E-state index in [1.54, 1.807) is 0 Å². The number of hydrogen-bond acceptors (Lipinski definition) is 4. The van der Waals surface area contributed by atoms with E-state index >= 15 is 0 Å². The van der Waals surface area contributed by atoms with Gasteiger partial charge in [-0.3, -0.25) is 0 Å². The van der Waals surface area contributed by atoms with Crippen LogP contribution in [0.3, 0.4) is 0 Å². The maximum atomic E-state index is 11.9. The lowest BCUT2D eigenvalue weighted by Crippen LogP contribution is -1.95. The standard InChI is InChI=1S/C4HCl3N2.C4HF3N2/c2*5-2-3(6)8-1-9-4(2)7/h2*1H.